The molecule has 2 N–H and O–H groups in total. The lowest BCUT2D eigenvalue weighted by Crippen LogP contribution is -2.44. The molecule has 5 rings (SSSR count). The summed E-state index contributed by atoms with van der Waals surface area (Å²) in [6, 6.07) is 16.5. The summed E-state index contributed by atoms with van der Waals surface area (Å²) >= 11 is 0. The topological polar surface area (TPSA) is 60.5 Å². The predicted molar refractivity (Wildman–Crippen MR) is 165 cm³/mol. The van der Waals surface area contributed by atoms with E-state index in [2.05, 4.69) is 74.5 Å². The Balaban J connectivity index is 0.000000681. The van der Waals surface area contributed by atoms with Crippen molar-refractivity contribution in [2.75, 3.05) is 13.7 Å². The van der Waals surface area contributed by atoms with E-state index in [9.17, 15) is 4.39 Å². The van der Waals surface area contributed by atoms with Gasteiger partial charge in [-0.3, -0.25) is 9.98 Å². The van der Waals surface area contributed by atoms with Gasteiger partial charge in [-0.05, 0) is 96.5 Å². The number of methoxy groups -OCH3 is 1. The molecule has 210 valence electrons. The molecular weight excluding hydrogens is 497 g/mol. The smallest absolute Gasteiger partial charge is 0.142 e. The number of aromatic nitrogens is 1. The van der Waals surface area contributed by atoms with Gasteiger partial charge in [0.15, 0.2) is 0 Å². The van der Waals surface area contributed by atoms with Crippen molar-refractivity contribution in [1.29, 1.82) is 0 Å². The van der Waals surface area contributed by atoms with Crippen molar-refractivity contribution in [3.05, 3.63) is 108 Å². The average Bonchev–Trinajstić information content (AvgIpc) is 3.11. The number of amidine groups is 1. The zero-order valence-corrected chi connectivity index (χ0v) is 24.4. The molecule has 0 aliphatic heterocycles. The molecule has 2 aliphatic rings. The van der Waals surface area contributed by atoms with Crippen molar-refractivity contribution in [3.63, 3.8) is 0 Å². The van der Waals surface area contributed by atoms with E-state index in [0.717, 1.165) is 73.0 Å². The number of nitrogens with zero attached hydrogens (tertiary/aromatic N) is 2. The first-order chi connectivity index (χ1) is 19.2. The summed E-state index contributed by atoms with van der Waals surface area (Å²) in [5.74, 6) is 0.189. The molecule has 40 heavy (non-hydrogen) atoms. The Labute approximate surface area is 238 Å². The van der Waals surface area contributed by atoms with E-state index in [4.69, 9.17) is 15.5 Å². The Hall–Kier alpha value is -3.57. The molecule has 2 aromatic carbocycles. The molecule has 1 spiro atoms. The van der Waals surface area contributed by atoms with Crippen LogP contribution in [0.5, 0.6) is 0 Å². The van der Waals surface area contributed by atoms with E-state index >= 15 is 0 Å². The van der Waals surface area contributed by atoms with Crippen molar-refractivity contribution >= 4 is 11.4 Å². The molecule has 2 atom stereocenters. The SMILES string of the molecule is C=C1CC2(CCc3ccccc31)Cc1ccc(-c3cncc(F)c3)cc1C2(N=C(C)N)C(=C)CC.CCCOC. The van der Waals surface area contributed by atoms with Crippen LogP contribution < -0.4 is 5.73 Å². The number of ether oxygens (including phenoxy) is 1. The lowest BCUT2D eigenvalue weighted by Gasteiger charge is -2.46. The summed E-state index contributed by atoms with van der Waals surface area (Å²) in [5.41, 5.74) is 14.2. The van der Waals surface area contributed by atoms with Crippen molar-refractivity contribution in [2.45, 2.75) is 64.8 Å². The highest BCUT2D eigenvalue weighted by atomic mass is 19.1. The van der Waals surface area contributed by atoms with Gasteiger partial charge in [0, 0.05) is 30.9 Å². The van der Waals surface area contributed by atoms with Crippen molar-refractivity contribution in [2.24, 2.45) is 16.1 Å². The lowest BCUT2D eigenvalue weighted by atomic mass is 9.61. The van der Waals surface area contributed by atoms with Crippen molar-refractivity contribution in [1.82, 2.24) is 4.98 Å². The second kappa shape index (κ2) is 12.3. The summed E-state index contributed by atoms with van der Waals surface area (Å²) in [6.45, 7) is 16.1. The van der Waals surface area contributed by atoms with Gasteiger partial charge in [0.25, 0.3) is 0 Å². The Kier molecular flexibility index (Phi) is 9.05. The number of hydrogen-bond acceptors (Lipinski definition) is 3. The number of benzene rings is 2. The number of halogens is 1. The zero-order chi connectivity index (χ0) is 28.9. The summed E-state index contributed by atoms with van der Waals surface area (Å²) in [6.07, 6.45) is 8.41. The van der Waals surface area contributed by atoms with Gasteiger partial charge in [-0.25, -0.2) is 4.39 Å². The van der Waals surface area contributed by atoms with Gasteiger partial charge in [-0.2, -0.15) is 0 Å². The first-order valence-electron chi connectivity index (χ1n) is 14.2. The van der Waals surface area contributed by atoms with Crippen molar-refractivity contribution < 1.29 is 9.13 Å². The monoisotopic (exact) mass is 539 g/mol. The number of pyridine rings is 1. The van der Waals surface area contributed by atoms with Crippen LogP contribution in [0.25, 0.3) is 16.7 Å². The van der Waals surface area contributed by atoms with Crippen LogP contribution in [0.2, 0.25) is 0 Å². The highest BCUT2D eigenvalue weighted by Crippen LogP contribution is 2.63. The van der Waals surface area contributed by atoms with Crippen LogP contribution in [0.15, 0.2) is 84.6 Å². The van der Waals surface area contributed by atoms with Crippen molar-refractivity contribution in [3.8, 4) is 11.1 Å². The average molecular weight is 540 g/mol. The van der Waals surface area contributed by atoms with Crippen LogP contribution in [-0.2, 0) is 23.1 Å². The predicted octanol–water partition coefficient (Wildman–Crippen LogP) is 8.06. The highest BCUT2D eigenvalue weighted by Gasteiger charge is 2.59. The van der Waals surface area contributed by atoms with E-state index in [-0.39, 0.29) is 11.2 Å². The Bertz CT molecular complexity index is 1420. The molecule has 0 saturated carbocycles. The minimum absolute atomic E-state index is 0.238. The Morgan fingerprint density at radius 3 is 2.50 bits per heavy atom. The molecule has 0 saturated heterocycles. The van der Waals surface area contributed by atoms with E-state index < -0.39 is 5.54 Å². The molecule has 1 heterocycles. The van der Waals surface area contributed by atoms with E-state index in [1.807, 2.05) is 6.92 Å². The van der Waals surface area contributed by atoms with Gasteiger partial charge < -0.3 is 10.5 Å². The summed E-state index contributed by atoms with van der Waals surface area (Å²) < 4.78 is 18.7. The Morgan fingerprint density at radius 2 is 1.85 bits per heavy atom. The highest BCUT2D eigenvalue weighted by molar-refractivity contribution is 5.80. The summed E-state index contributed by atoms with van der Waals surface area (Å²) in [5, 5.41) is 0. The van der Waals surface area contributed by atoms with Crippen LogP contribution in [0, 0.1) is 11.2 Å². The summed E-state index contributed by atoms with van der Waals surface area (Å²) in [4.78, 5) is 9.32. The van der Waals surface area contributed by atoms with Gasteiger partial charge in [0.05, 0.1) is 12.0 Å². The molecule has 0 fully saturated rings. The normalized spacial score (nSPS) is 21.7. The third-order valence-corrected chi connectivity index (χ3v) is 8.35. The fourth-order valence-corrected chi connectivity index (χ4v) is 6.65. The largest absolute Gasteiger partial charge is 0.388 e. The molecular formula is C35H42FN3O. The van der Waals surface area contributed by atoms with Crippen LogP contribution in [0.4, 0.5) is 4.39 Å². The van der Waals surface area contributed by atoms with E-state index in [1.54, 1.807) is 13.3 Å². The van der Waals surface area contributed by atoms with E-state index in [0.29, 0.717) is 5.84 Å². The van der Waals surface area contributed by atoms with Crippen LogP contribution in [0.1, 0.15) is 68.7 Å². The van der Waals surface area contributed by atoms with Gasteiger partial charge in [-0.1, -0.05) is 63.4 Å². The summed E-state index contributed by atoms with van der Waals surface area (Å²) in [7, 11) is 1.71. The first-order valence-corrected chi connectivity index (χ1v) is 14.2. The van der Waals surface area contributed by atoms with E-state index in [1.165, 1.54) is 29.0 Å². The second-order valence-corrected chi connectivity index (χ2v) is 11.1. The minimum atomic E-state index is -0.683. The molecule has 0 bridgehead atoms. The minimum Gasteiger partial charge on any atom is -0.388 e. The standard InChI is InChI=1S/C31H32FN3.C4H10O/c1-5-21(3)31(35-22(4)33)29-15-24(26-14-27(32)19-34-18-26)10-11-25(29)17-30(31)13-12-23-8-6-7-9-28(23)20(2)16-30;1-3-4-5-2/h6-11,14-15,18-19H,2-3,5,12-13,16-17H2,1,4H3,(H2,33,35);3-4H2,1-2H3. The molecule has 0 amide bonds. The molecule has 3 aromatic rings. The molecule has 2 unspecified atom stereocenters. The fraction of sp³-hybridized carbons (Fsp3) is 0.371. The molecule has 0 radical (unpaired) electrons. The van der Waals surface area contributed by atoms with Crippen LogP contribution in [0.3, 0.4) is 0 Å². The van der Waals surface area contributed by atoms with Gasteiger partial charge in [0.2, 0.25) is 0 Å². The molecule has 2 aliphatic carbocycles. The maximum atomic E-state index is 14.0. The van der Waals surface area contributed by atoms with Gasteiger partial charge in [0.1, 0.15) is 11.4 Å². The van der Waals surface area contributed by atoms with Gasteiger partial charge in [-0.15, -0.1) is 0 Å². The number of aryl methyl sites for hydroxylation is 1. The number of nitrogens with two attached hydrogens (primary N) is 1. The lowest BCUT2D eigenvalue weighted by molar-refractivity contribution is 0.164. The third-order valence-electron chi connectivity index (χ3n) is 8.35. The Morgan fingerprint density at radius 1 is 1.07 bits per heavy atom. The first kappa shape index (κ1) is 29.4. The third kappa shape index (κ3) is 5.40. The molecule has 5 heteroatoms. The number of fused-ring (bicyclic) bond motifs is 2. The number of allylic oxidation sites excluding steroid dienone is 1. The maximum absolute atomic E-state index is 14.0. The second-order valence-electron chi connectivity index (χ2n) is 11.1. The molecule has 4 nitrogen and oxygen atoms in total. The quantitative estimate of drug-likeness (QED) is 0.196. The number of aliphatic imine (C=N–C) groups is 1. The molecule has 1 aromatic heterocycles. The maximum Gasteiger partial charge on any atom is 0.142 e. The number of rotatable bonds is 6. The zero-order valence-electron chi connectivity index (χ0n) is 24.4. The van der Waals surface area contributed by atoms with Gasteiger partial charge >= 0.3 is 0 Å². The fourth-order valence-electron chi connectivity index (χ4n) is 6.65. The van der Waals surface area contributed by atoms with Crippen LogP contribution in [-0.4, -0.2) is 24.5 Å². The number of hydrogen-bond donors (Lipinski definition) is 1. The van der Waals surface area contributed by atoms with Crippen LogP contribution >= 0.6 is 0 Å².